The number of benzene rings is 1. The predicted molar refractivity (Wildman–Crippen MR) is 71.0 cm³/mol. The molecule has 100 valence electrons. The summed E-state index contributed by atoms with van der Waals surface area (Å²) in [4.78, 5) is 11.8. The summed E-state index contributed by atoms with van der Waals surface area (Å²) in [7, 11) is 1.55. The Balaban J connectivity index is 2.71. The predicted octanol–water partition coefficient (Wildman–Crippen LogP) is 1.78. The molecule has 0 radical (unpaired) electrons. The van der Waals surface area contributed by atoms with Crippen molar-refractivity contribution in [3.8, 4) is 5.75 Å². The van der Waals surface area contributed by atoms with Gasteiger partial charge in [0.05, 0.1) is 26.2 Å². The molecule has 1 atom stereocenters. The average Bonchev–Trinajstić information content (AvgIpc) is 2.36. The van der Waals surface area contributed by atoms with Gasteiger partial charge >= 0.3 is 0 Å². The van der Waals surface area contributed by atoms with Crippen molar-refractivity contribution in [2.45, 2.75) is 25.8 Å². The van der Waals surface area contributed by atoms with Crippen LogP contribution in [0.25, 0.3) is 0 Å². The molecule has 1 amide bonds. The maximum absolute atomic E-state index is 11.8. The van der Waals surface area contributed by atoms with Crippen LogP contribution in [0, 0.1) is 0 Å². The SMILES string of the molecule is CC[C@@H](CO)NC(=O)Cc1cc(Cl)ccc1OC. The highest BCUT2D eigenvalue weighted by Crippen LogP contribution is 2.23. The summed E-state index contributed by atoms with van der Waals surface area (Å²) in [6.45, 7) is 1.84. The molecule has 0 aromatic heterocycles. The first-order valence-electron chi connectivity index (χ1n) is 5.83. The fraction of sp³-hybridized carbons (Fsp3) is 0.462. The summed E-state index contributed by atoms with van der Waals surface area (Å²) in [6, 6.07) is 4.95. The van der Waals surface area contributed by atoms with Gasteiger partial charge < -0.3 is 15.2 Å². The molecular weight excluding hydrogens is 254 g/mol. The molecule has 0 bridgehead atoms. The van der Waals surface area contributed by atoms with E-state index in [1.54, 1.807) is 25.3 Å². The van der Waals surface area contributed by atoms with E-state index in [0.29, 0.717) is 17.2 Å². The summed E-state index contributed by atoms with van der Waals surface area (Å²) < 4.78 is 5.17. The molecule has 4 nitrogen and oxygen atoms in total. The van der Waals surface area contributed by atoms with Gasteiger partial charge in [-0.05, 0) is 24.6 Å². The second-order valence-electron chi connectivity index (χ2n) is 3.99. The fourth-order valence-electron chi connectivity index (χ4n) is 1.61. The van der Waals surface area contributed by atoms with E-state index >= 15 is 0 Å². The minimum atomic E-state index is -0.206. The third kappa shape index (κ3) is 4.20. The van der Waals surface area contributed by atoms with Crippen LogP contribution in [0.15, 0.2) is 18.2 Å². The zero-order chi connectivity index (χ0) is 13.5. The Morgan fingerprint density at radius 2 is 2.28 bits per heavy atom. The Kier molecular flexibility index (Phi) is 5.95. The molecule has 2 N–H and O–H groups in total. The van der Waals surface area contributed by atoms with Gasteiger partial charge in [-0.2, -0.15) is 0 Å². The van der Waals surface area contributed by atoms with Crippen LogP contribution in [0.5, 0.6) is 5.75 Å². The topological polar surface area (TPSA) is 58.6 Å². The van der Waals surface area contributed by atoms with Crippen LogP contribution < -0.4 is 10.1 Å². The second-order valence-corrected chi connectivity index (χ2v) is 4.42. The number of aliphatic hydroxyl groups excluding tert-OH is 1. The molecule has 0 aliphatic heterocycles. The highest BCUT2D eigenvalue weighted by atomic mass is 35.5. The molecule has 18 heavy (non-hydrogen) atoms. The number of nitrogens with one attached hydrogen (secondary N) is 1. The molecule has 0 unspecified atom stereocenters. The first-order valence-corrected chi connectivity index (χ1v) is 6.21. The maximum Gasteiger partial charge on any atom is 0.224 e. The number of rotatable bonds is 6. The van der Waals surface area contributed by atoms with Gasteiger partial charge in [-0.15, -0.1) is 0 Å². The first-order chi connectivity index (χ1) is 8.60. The Morgan fingerprint density at radius 1 is 1.56 bits per heavy atom. The summed E-state index contributed by atoms with van der Waals surface area (Å²) >= 11 is 5.89. The number of carbonyl (C=O) groups excluding carboxylic acids is 1. The lowest BCUT2D eigenvalue weighted by Crippen LogP contribution is -2.37. The van der Waals surface area contributed by atoms with E-state index in [1.807, 2.05) is 6.92 Å². The van der Waals surface area contributed by atoms with Crippen LogP contribution >= 0.6 is 11.6 Å². The van der Waals surface area contributed by atoms with Gasteiger partial charge in [0.15, 0.2) is 0 Å². The van der Waals surface area contributed by atoms with Crippen molar-refractivity contribution in [2.75, 3.05) is 13.7 Å². The van der Waals surface area contributed by atoms with E-state index < -0.39 is 0 Å². The van der Waals surface area contributed by atoms with Crippen LogP contribution in [-0.4, -0.2) is 30.8 Å². The summed E-state index contributed by atoms with van der Waals surface area (Å²) in [6.07, 6.45) is 0.870. The van der Waals surface area contributed by atoms with Gasteiger partial charge in [0.2, 0.25) is 5.91 Å². The standard InChI is InChI=1S/C13H18ClNO3/c1-3-11(8-16)15-13(17)7-9-6-10(14)4-5-12(9)18-2/h4-6,11,16H,3,7-8H2,1-2H3,(H,15,17)/t11-/m0/s1. The number of halogens is 1. The lowest BCUT2D eigenvalue weighted by Gasteiger charge is -2.15. The number of methoxy groups -OCH3 is 1. The minimum Gasteiger partial charge on any atom is -0.496 e. The van der Waals surface area contributed by atoms with E-state index in [2.05, 4.69) is 5.32 Å². The van der Waals surface area contributed by atoms with Gasteiger partial charge in [0.25, 0.3) is 0 Å². The highest BCUT2D eigenvalue weighted by Gasteiger charge is 2.12. The Hall–Kier alpha value is -1.26. The van der Waals surface area contributed by atoms with Crippen LogP contribution in [0.1, 0.15) is 18.9 Å². The van der Waals surface area contributed by atoms with Crippen molar-refractivity contribution < 1.29 is 14.6 Å². The van der Waals surface area contributed by atoms with Crippen molar-refractivity contribution in [1.82, 2.24) is 5.32 Å². The Bertz CT molecular complexity index is 405. The molecular formula is C13H18ClNO3. The zero-order valence-corrected chi connectivity index (χ0v) is 11.3. The molecule has 1 rings (SSSR count). The normalized spacial score (nSPS) is 12.0. The highest BCUT2D eigenvalue weighted by molar-refractivity contribution is 6.30. The van der Waals surface area contributed by atoms with Crippen molar-refractivity contribution in [1.29, 1.82) is 0 Å². The summed E-state index contributed by atoms with van der Waals surface area (Å²) in [5.74, 6) is 0.475. The molecule has 0 heterocycles. The minimum absolute atomic E-state index is 0.0606. The lowest BCUT2D eigenvalue weighted by atomic mass is 10.1. The van der Waals surface area contributed by atoms with Crippen LogP contribution in [0.2, 0.25) is 5.02 Å². The number of aliphatic hydroxyl groups is 1. The maximum atomic E-state index is 11.8. The summed E-state index contributed by atoms with van der Waals surface area (Å²) in [5, 5.41) is 12.3. The van der Waals surface area contributed by atoms with Crippen LogP contribution in [-0.2, 0) is 11.2 Å². The molecule has 0 saturated carbocycles. The zero-order valence-electron chi connectivity index (χ0n) is 10.6. The van der Waals surface area contributed by atoms with E-state index in [9.17, 15) is 4.79 Å². The molecule has 5 heteroatoms. The monoisotopic (exact) mass is 271 g/mol. The summed E-state index contributed by atoms with van der Waals surface area (Å²) in [5.41, 5.74) is 0.732. The molecule has 0 aliphatic rings. The van der Waals surface area contributed by atoms with Gasteiger partial charge in [0, 0.05) is 10.6 Å². The molecule has 0 aliphatic carbocycles. The quantitative estimate of drug-likeness (QED) is 0.829. The van der Waals surface area contributed by atoms with Crippen LogP contribution in [0.4, 0.5) is 0 Å². The molecule has 1 aromatic carbocycles. The Morgan fingerprint density at radius 3 is 2.83 bits per heavy atom. The Labute approximate surface area is 112 Å². The van der Waals surface area contributed by atoms with Gasteiger partial charge in [-0.1, -0.05) is 18.5 Å². The van der Waals surface area contributed by atoms with Crippen molar-refractivity contribution in [3.05, 3.63) is 28.8 Å². The largest absolute Gasteiger partial charge is 0.496 e. The molecule has 1 aromatic rings. The molecule has 0 fully saturated rings. The van der Waals surface area contributed by atoms with Gasteiger partial charge in [-0.3, -0.25) is 4.79 Å². The number of hydrogen-bond acceptors (Lipinski definition) is 3. The second kappa shape index (κ2) is 7.24. The molecule has 0 saturated heterocycles. The van der Waals surface area contributed by atoms with Crippen molar-refractivity contribution in [2.24, 2.45) is 0 Å². The van der Waals surface area contributed by atoms with E-state index in [1.165, 1.54) is 0 Å². The third-order valence-corrected chi connectivity index (χ3v) is 2.91. The van der Waals surface area contributed by atoms with Gasteiger partial charge in [-0.25, -0.2) is 0 Å². The van der Waals surface area contributed by atoms with E-state index in [4.69, 9.17) is 21.4 Å². The van der Waals surface area contributed by atoms with E-state index in [-0.39, 0.29) is 25.0 Å². The third-order valence-electron chi connectivity index (χ3n) is 2.67. The fourth-order valence-corrected chi connectivity index (χ4v) is 1.81. The van der Waals surface area contributed by atoms with Crippen LogP contribution in [0.3, 0.4) is 0 Å². The van der Waals surface area contributed by atoms with Crippen molar-refractivity contribution in [3.63, 3.8) is 0 Å². The molecule has 0 spiro atoms. The average molecular weight is 272 g/mol. The first kappa shape index (κ1) is 14.8. The van der Waals surface area contributed by atoms with Gasteiger partial charge in [0.1, 0.15) is 5.75 Å². The number of hydrogen-bond donors (Lipinski definition) is 2. The van der Waals surface area contributed by atoms with Crippen molar-refractivity contribution >= 4 is 17.5 Å². The number of carbonyl (C=O) groups is 1. The lowest BCUT2D eigenvalue weighted by molar-refractivity contribution is -0.121. The smallest absolute Gasteiger partial charge is 0.224 e. The number of amides is 1. The number of ether oxygens (including phenoxy) is 1. The van der Waals surface area contributed by atoms with E-state index in [0.717, 1.165) is 5.56 Å².